The SMILES string of the molecule is CNC(=O)c1cc(F)c(F)cc1N.CNC(=O)c1cc(F)c(F)cc1Nc1cc(Cl)ncc1C(F)(F)F.Cc1cnc(Cl)cc1I. The minimum absolute atomic E-state index is 0.0681. The van der Waals surface area contributed by atoms with Crippen LogP contribution >= 0.6 is 45.8 Å². The van der Waals surface area contributed by atoms with Crippen molar-refractivity contribution in [3.05, 3.63) is 108 Å². The van der Waals surface area contributed by atoms with Gasteiger partial charge in [0, 0.05) is 47.9 Å². The van der Waals surface area contributed by atoms with Crippen LogP contribution in [0.3, 0.4) is 0 Å². The second-order valence-electron chi connectivity index (χ2n) is 8.76. The summed E-state index contributed by atoms with van der Waals surface area (Å²) in [6.45, 7) is 2.01. The van der Waals surface area contributed by atoms with Crippen molar-refractivity contribution in [1.82, 2.24) is 20.6 Å². The molecule has 0 aliphatic heterocycles. The zero-order chi connectivity index (χ0) is 34.9. The largest absolute Gasteiger partial charge is 0.419 e. The van der Waals surface area contributed by atoms with Crippen molar-refractivity contribution in [3.8, 4) is 0 Å². The third-order valence-electron chi connectivity index (χ3n) is 5.55. The number of aryl methyl sites for hydroxylation is 1. The number of amides is 2. The van der Waals surface area contributed by atoms with E-state index in [1.54, 1.807) is 6.20 Å². The molecule has 0 saturated carbocycles. The molecule has 4 aromatic rings. The van der Waals surface area contributed by atoms with E-state index in [9.17, 15) is 40.3 Å². The van der Waals surface area contributed by atoms with Gasteiger partial charge in [-0.2, -0.15) is 13.2 Å². The van der Waals surface area contributed by atoms with Gasteiger partial charge in [0.25, 0.3) is 11.8 Å². The molecular weight excluding hydrogens is 783 g/mol. The highest BCUT2D eigenvalue weighted by molar-refractivity contribution is 14.1. The molecule has 2 heterocycles. The number of anilines is 3. The van der Waals surface area contributed by atoms with Crippen LogP contribution in [-0.2, 0) is 6.18 Å². The summed E-state index contributed by atoms with van der Waals surface area (Å²) in [7, 11) is 2.61. The lowest BCUT2D eigenvalue weighted by Crippen LogP contribution is -2.20. The standard InChI is InChI=1S/C14H9ClF5N3O.C8H8F2N2O.C6H5ClIN/c1-21-13(24)6-2-8(16)9(17)3-10(6)23-11-4-12(15)22-5-7(11)14(18,19)20;1-12-8(13)4-2-5(9)6(10)3-7(4)11;1-4-3-9-6(7)2-5(4)8/h2-5H,1H3,(H,21,24)(H,22,23);2-3H,11H2,1H3,(H,12,13);2-3H,1H3. The summed E-state index contributed by atoms with van der Waals surface area (Å²) in [6, 6.07) is 5.40. The van der Waals surface area contributed by atoms with Gasteiger partial charge in [-0.25, -0.2) is 27.5 Å². The van der Waals surface area contributed by atoms with Crippen LogP contribution in [0.4, 0.5) is 47.8 Å². The van der Waals surface area contributed by atoms with E-state index in [4.69, 9.17) is 28.9 Å². The molecule has 18 heteroatoms. The van der Waals surface area contributed by atoms with Gasteiger partial charge in [-0.15, -0.1) is 0 Å². The Bertz CT molecular complexity index is 1750. The van der Waals surface area contributed by atoms with Crippen molar-refractivity contribution in [2.75, 3.05) is 25.1 Å². The molecule has 0 unspecified atom stereocenters. The molecular formula is C28H22Cl2F7IN6O2. The molecule has 46 heavy (non-hydrogen) atoms. The maximum atomic E-state index is 13.4. The number of nitrogens with one attached hydrogen (secondary N) is 3. The average molecular weight is 805 g/mol. The van der Waals surface area contributed by atoms with Gasteiger partial charge in [-0.3, -0.25) is 9.59 Å². The monoisotopic (exact) mass is 804 g/mol. The highest BCUT2D eigenvalue weighted by Crippen LogP contribution is 2.37. The molecule has 0 radical (unpaired) electrons. The molecule has 8 nitrogen and oxygen atoms in total. The molecule has 0 saturated heterocycles. The Morgan fingerprint density at radius 1 is 0.761 bits per heavy atom. The highest BCUT2D eigenvalue weighted by atomic mass is 127. The van der Waals surface area contributed by atoms with Gasteiger partial charge in [0.2, 0.25) is 0 Å². The van der Waals surface area contributed by atoms with Crippen LogP contribution in [0.25, 0.3) is 0 Å². The number of aromatic nitrogens is 2. The summed E-state index contributed by atoms with van der Waals surface area (Å²) >= 11 is 13.4. The zero-order valence-corrected chi connectivity index (χ0v) is 27.4. The first-order valence-electron chi connectivity index (χ1n) is 12.3. The van der Waals surface area contributed by atoms with Crippen LogP contribution in [0, 0.1) is 33.8 Å². The van der Waals surface area contributed by atoms with Crippen molar-refractivity contribution >= 4 is 74.7 Å². The minimum atomic E-state index is -4.77. The van der Waals surface area contributed by atoms with Crippen molar-refractivity contribution in [2.45, 2.75) is 13.1 Å². The van der Waals surface area contributed by atoms with Crippen molar-refractivity contribution in [2.24, 2.45) is 0 Å². The smallest absolute Gasteiger partial charge is 0.398 e. The fourth-order valence-corrected chi connectivity index (χ4v) is 4.18. The van der Waals surface area contributed by atoms with Crippen molar-refractivity contribution < 1.29 is 40.3 Å². The molecule has 4 rings (SSSR count). The molecule has 0 fully saturated rings. The van der Waals surface area contributed by atoms with Gasteiger partial charge in [0.05, 0.1) is 28.1 Å². The number of alkyl halides is 3. The maximum absolute atomic E-state index is 13.4. The van der Waals surface area contributed by atoms with Crippen LogP contribution in [0.1, 0.15) is 31.8 Å². The Hall–Kier alpha value is -3.90. The zero-order valence-electron chi connectivity index (χ0n) is 23.7. The molecule has 0 bridgehead atoms. The van der Waals surface area contributed by atoms with E-state index >= 15 is 0 Å². The number of carbonyl (C=O) groups is 2. The molecule has 0 spiro atoms. The number of pyridine rings is 2. The molecule has 0 atom stereocenters. The van der Waals surface area contributed by atoms with E-state index in [-0.39, 0.29) is 27.7 Å². The number of hydrogen-bond donors (Lipinski definition) is 4. The molecule has 2 amide bonds. The Balaban J connectivity index is 0.000000278. The quantitative estimate of drug-likeness (QED) is 0.0727. The van der Waals surface area contributed by atoms with Gasteiger partial charge in [0.15, 0.2) is 23.3 Å². The van der Waals surface area contributed by atoms with E-state index in [0.717, 1.165) is 21.8 Å². The minimum Gasteiger partial charge on any atom is -0.398 e. The molecule has 0 aliphatic carbocycles. The summed E-state index contributed by atoms with van der Waals surface area (Å²) in [5.74, 6) is -6.17. The first kappa shape index (κ1) is 38.3. The molecule has 2 aromatic heterocycles. The van der Waals surface area contributed by atoms with Crippen LogP contribution in [-0.4, -0.2) is 35.9 Å². The number of nitrogens with two attached hydrogens (primary N) is 1. The summed E-state index contributed by atoms with van der Waals surface area (Å²) in [5, 5.41) is 7.01. The normalized spacial score (nSPS) is 10.5. The lowest BCUT2D eigenvalue weighted by molar-refractivity contribution is -0.137. The second-order valence-corrected chi connectivity index (χ2v) is 10.7. The van der Waals surface area contributed by atoms with Crippen LogP contribution in [0.15, 0.2) is 48.8 Å². The lowest BCUT2D eigenvalue weighted by Gasteiger charge is -2.16. The second kappa shape index (κ2) is 16.6. The fraction of sp³-hybridized carbons (Fsp3) is 0.143. The number of halogens is 10. The van der Waals surface area contributed by atoms with E-state index in [0.29, 0.717) is 23.5 Å². The van der Waals surface area contributed by atoms with Gasteiger partial charge in [-0.05, 0) is 59.3 Å². The summed E-state index contributed by atoms with van der Waals surface area (Å²) < 4.78 is 92.2. The molecule has 246 valence electrons. The van der Waals surface area contributed by atoms with Crippen LogP contribution in [0.5, 0.6) is 0 Å². The summed E-state index contributed by atoms with van der Waals surface area (Å²) in [5.41, 5.74) is 3.84. The number of rotatable bonds is 4. The van der Waals surface area contributed by atoms with E-state index < -0.39 is 52.5 Å². The van der Waals surface area contributed by atoms with E-state index in [2.05, 4.69) is 48.5 Å². The highest BCUT2D eigenvalue weighted by Gasteiger charge is 2.34. The fourth-order valence-electron chi connectivity index (χ4n) is 3.25. The topological polar surface area (TPSA) is 122 Å². The van der Waals surface area contributed by atoms with Gasteiger partial charge in [-0.1, -0.05) is 23.2 Å². The number of benzene rings is 2. The lowest BCUT2D eigenvalue weighted by atomic mass is 10.1. The predicted molar refractivity (Wildman–Crippen MR) is 168 cm³/mol. The Labute approximate surface area is 281 Å². The molecule has 2 aromatic carbocycles. The third kappa shape index (κ3) is 10.6. The number of nitrogens with zero attached hydrogens (tertiary/aromatic N) is 2. The van der Waals surface area contributed by atoms with E-state index in [1.165, 1.54) is 19.7 Å². The first-order chi connectivity index (χ1) is 21.4. The van der Waals surface area contributed by atoms with Crippen molar-refractivity contribution in [1.29, 1.82) is 0 Å². The Morgan fingerprint density at radius 2 is 1.24 bits per heavy atom. The predicted octanol–water partition coefficient (Wildman–Crippen LogP) is 7.69. The van der Waals surface area contributed by atoms with Gasteiger partial charge >= 0.3 is 6.18 Å². The summed E-state index contributed by atoms with van der Waals surface area (Å²) in [4.78, 5) is 30.0. The van der Waals surface area contributed by atoms with Crippen LogP contribution in [0.2, 0.25) is 10.3 Å². The van der Waals surface area contributed by atoms with E-state index in [1.807, 2.05) is 13.0 Å². The van der Waals surface area contributed by atoms with Gasteiger partial charge in [0.1, 0.15) is 10.3 Å². The molecule has 0 aliphatic rings. The Morgan fingerprint density at radius 3 is 1.76 bits per heavy atom. The average Bonchev–Trinajstić information content (AvgIpc) is 2.98. The number of nitrogen functional groups attached to an aromatic ring is 1. The molecule has 5 N–H and O–H groups in total. The number of hydrogen-bond acceptors (Lipinski definition) is 6. The maximum Gasteiger partial charge on any atom is 0.419 e. The third-order valence-corrected chi connectivity index (χ3v) is 7.12. The van der Waals surface area contributed by atoms with Gasteiger partial charge < -0.3 is 21.7 Å². The van der Waals surface area contributed by atoms with Crippen LogP contribution < -0.4 is 21.7 Å². The first-order valence-corrected chi connectivity index (χ1v) is 14.2. The Kier molecular flexibility index (Phi) is 13.8. The van der Waals surface area contributed by atoms with Crippen molar-refractivity contribution in [3.63, 3.8) is 0 Å². The number of carbonyl (C=O) groups excluding carboxylic acids is 2. The summed E-state index contributed by atoms with van der Waals surface area (Å²) in [6.07, 6.45) is -2.51.